The number of H-pyrrole nitrogens is 1. The Morgan fingerprint density at radius 1 is 1.07 bits per heavy atom. The fourth-order valence-electron chi connectivity index (χ4n) is 5.22. The number of alkyl halides is 3. The van der Waals surface area contributed by atoms with Crippen LogP contribution in [0.1, 0.15) is 56.2 Å². The van der Waals surface area contributed by atoms with Gasteiger partial charge in [0.15, 0.2) is 0 Å². The SMILES string of the molecule is O=C(N(CCCCc1nc2ccccc2c(=O)[nH]1)C1CCC(c2nnc(-c3ccc(F)c(Cl)c3)o2)CC1)C(F)(F)F. The van der Waals surface area contributed by atoms with Gasteiger partial charge in [-0.25, -0.2) is 9.37 Å². The molecule has 2 aromatic carbocycles. The number of fused-ring (bicyclic) bond motifs is 1. The standard InChI is InChI=1S/C28H26ClF4N5O3/c29-20-15-17(10-13-21(20)30)26-37-36-25(41-26)16-8-11-18(12-9-16)38(27(40)28(31,32)33)14-4-3-7-23-34-22-6-2-1-5-19(22)24(39)35-23/h1-2,5-6,10,13,15-16,18H,3-4,7-9,11-12,14H2,(H,34,35,39). The Kier molecular flexibility index (Phi) is 8.39. The Bertz CT molecular complexity index is 1600. The van der Waals surface area contributed by atoms with Gasteiger partial charge >= 0.3 is 12.1 Å². The molecule has 0 bridgehead atoms. The first-order valence-corrected chi connectivity index (χ1v) is 13.6. The second kappa shape index (κ2) is 12.0. The summed E-state index contributed by atoms with van der Waals surface area (Å²) in [7, 11) is 0. The van der Waals surface area contributed by atoms with Crippen LogP contribution in [0.2, 0.25) is 5.02 Å². The summed E-state index contributed by atoms with van der Waals surface area (Å²) in [5.41, 5.74) is 0.728. The van der Waals surface area contributed by atoms with Crippen LogP contribution in [0.5, 0.6) is 0 Å². The molecule has 0 radical (unpaired) electrons. The number of para-hydroxylation sites is 1. The summed E-state index contributed by atoms with van der Waals surface area (Å²) < 4.78 is 59.7. The maximum atomic E-state index is 13.5. The fraction of sp³-hybridized carbons (Fsp3) is 0.393. The molecule has 0 spiro atoms. The van der Waals surface area contributed by atoms with Crippen LogP contribution in [0.4, 0.5) is 17.6 Å². The van der Waals surface area contributed by atoms with E-state index >= 15 is 0 Å². The Hall–Kier alpha value is -3.80. The highest BCUT2D eigenvalue weighted by Crippen LogP contribution is 2.37. The largest absolute Gasteiger partial charge is 0.471 e. The lowest BCUT2D eigenvalue weighted by molar-refractivity contribution is -0.188. The Morgan fingerprint density at radius 3 is 2.56 bits per heavy atom. The number of carbonyl (C=O) groups excluding carboxylic acids is 1. The van der Waals surface area contributed by atoms with Crippen LogP contribution < -0.4 is 5.56 Å². The van der Waals surface area contributed by atoms with E-state index in [0.29, 0.717) is 73.1 Å². The van der Waals surface area contributed by atoms with Crippen molar-refractivity contribution in [2.45, 2.75) is 63.1 Å². The Balaban J connectivity index is 1.19. The monoisotopic (exact) mass is 591 g/mol. The predicted molar refractivity (Wildman–Crippen MR) is 143 cm³/mol. The van der Waals surface area contributed by atoms with Gasteiger partial charge in [0.05, 0.1) is 15.9 Å². The van der Waals surface area contributed by atoms with E-state index in [0.717, 1.165) is 4.90 Å². The molecule has 8 nitrogen and oxygen atoms in total. The van der Waals surface area contributed by atoms with Crippen molar-refractivity contribution < 1.29 is 26.8 Å². The van der Waals surface area contributed by atoms with Crippen LogP contribution >= 0.6 is 11.6 Å². The molecule has 1 amide bonds. The molecular formula is C28H26ClF4N5O3. The number of aryl methyl sites for hydroxylation is 1. The van der Waals surface area contributed by atoms with Crippen molar-refractivity contribution in [2.75, 3.05) is 6.54 Å². The zero-order valence-electron chi connectivity index (χ0n) is 21.8. The molecular weight excluding hydrogens is 566 g/mol. The van der Waals surface area contributed by atoms with E-state index in [9.17, 15) is 27.2 Å². The molecule has 0 aliphatic heterocycles. The third kappa shape index (κ3) is 6.58. The summed E-state index contributed by atoms with van der Waals surface area (Å²) >= 11 is 5.83. The summed E-state index contributed by atoms with van der Waals surface area (Å²) in [5, 5.41) is 8.47. The molecule has 5 rings (SSSR count). The highest BCUT2D eigenvalue weighted by molar-refractivity contribution is 6.31. The van der Waals surface area contributed by atoms with E-state index in [1.165, 1.54) is 18.2 Å². The number of aromatic amines is 1. The van der Waals surface area contributed by atoms with E-state index < -0.39 is 23.9 Å². The number of aromatic nitrogens is 4. The first-order chi connectivity index (χ1) is 19.6. The molecule has 2 aromatic heterocycles. The number of nitrogens with one attached hydrogen (secondary N) is 1. The number of benzene rings is 2. The molecule has 216 valence electrons. The van der Waals surface area contributed by atoms with Crippen LogP contribution in [0.25, 0.3) is 22.4 Å². The number of halogens is 5. The van der Waals surface area contributed by atoms with Gasteiger partial charge in [0, 0.05) is 30.5 Å². The minimum Gasteiger partial charge on any atom is -0.420 e. The fourth-order valence-corrected chi connectivity index (χ4v) is 5.40. The van der Waals surface area contributed by atoms with Crippen molar-refractivity contribution >= 4 is 28.4 Å². The summed E-state index contributed by atoms with van der Waals surface area (Å²) in [4.78, 5) is 32.7. The van der Waals surface area contributed by atoms with Gasteiger partial charge in [-0.2, -0.15) is 13.2 Å². The number of unbranched alkanes of at least 4 members (excludes halogenated alkanes) is 1. The molecule has 1 saturated carbocycles. The first kappa shape index (κ1) is 28.7. The molecule has 1 N–H and O–H groups in total. The Labute approximate surface area is 236 Å². The quantitative estimate of drug-likeness (QED) is 0.193. The van der Waals surface area contributed by atoms with Gasteiger partial charge in [0.1, 0.15) is 11.6 Å². The van der Waals surface area contributed by atoms with Crippen LogP contribution in [-0.2, 0) is 11.2 Å². The summed E-state index contributed by atoms with van der Waals surface area (Å²) in [5.74, 6) is -1.66. The number of nitrogens with zero attached hydrogens (tertiary/aromatic N) is 4. The second-order valence-electron chi connectivity index (χ2n) is 10.1. The molecule has 2 heterocycles. The van der Waals surface area contributed by atoms with Gasteiger partial charge in [0.2, 0.25) is 11.8 Å². The van der Waals surface area contributed by atoms with Gasteiger partial charge in [-0.15, -0.1) is 10.2 Å². The Morgan fingerprint density at radius 2 is 1.83 bits per heavy atom. The van der Waals surface area contributed by atoms with E-state index in [-0.39, 0.29) is 28.9 Å². The van der Waals surface area contributed by atoms with Gasteiger partial charge < -0.3 is 14.3 Å². The highest BCUT2D eigenvalue weighted by Gasteiger charge is 2.45. The maximum Gasteiger partial charge on any atom is 0.471 e. The molecule has 1 aliphatic carbocycles. The molecule has 0 saturated heterocycles. The van der Waals surface area contributed by atoms with Crippen molar-refractivity contribution in [3.05, 3.63) is 75.4 Å². The lowest BCUT2D eigenvalue weighted by atomic mass is 9.85. The van der Waals surface area contributed by atoms with Crippen molar-refractivity contribution in [1.29, 1.82) is 0 Å². The number of amides is 1. The van der Waals surface area contributed by atoms with Gasteiger partial charge in [-0.3, -0.25) is 9.59 Å². The predicted octanol–water partition coefficient (Wildman–Crippen LogP) is 6.21. The minimum atomic E-state index is -4.99. The zero-order chi connectivity index (χ0) is 29.1. The van der Waals surface area contributed by atoms with Crippen molar-refractivity contribution in [3.8, 4) is 11.5 Å². The van der Waals surface area contributed by atoms with Crippen molar-refractivity contribution in [3.63, 3.8) is 0 Å². The lowest BCUT2D eigenvalue weighted by Gasteiger charge is -2.36. The average Bonchev–Trinajstić information content (AvgIpc) is 3.44. The third-order valence-electron chi connectivity index (χ3n) is 7.32. The van der Waals surface area contributed by atoms with Crippen LogP contribution in [0.3, 0.4) is 0 Å². The average molecular weight is 592 g/mol. The van der Waals surface area contributed by atoms with Crippen LogP contribution in [-0.4, -0.2) is 49.7 Å². The third-order valence-corrected chi connectivity index (χ3v) is 7.61. The highest BCUT2D eigenvalue weighted by atomic mass is 35.5. The summed E-state index contributed by atoms with van der Waals surface area (Å²) in [6, 6.07) is 10.3. The number of hydrogen-bond acceptors (Lipinski definition) is 6. The lowest BCUT2D eigenvalue weighted by Crippen LogP contribution is -2.48. The van der Waals surface area contributed by atoms with Gasteiger partial charge in [-0.05, 0) is 68.9 Å². The normalized spacial score (nSPS) is 17.6. The second-order valence-corrected chi connectivity index (χ2v) is 10.5. The summed E-state index contributed by atoms with van der Waals surface area (Å²) in [6.07, 6.45) is -2.28. The molecule has 41 heavy (non-hydrogen) atoms. The molecule has 4 aromatic rings. The topological polar surface area (TPSA) is 105 Å². The molecule has 13 heteroatoms. The smallest absolute Gasteiger partial charge is 0.420 e. The molecule has 0 unspecified atom stereocenters. The first-order valence-electron chi connectivity index (χ1n) is 13.2. The number of carbonyl (C=O) groups is 1. The van der Waals surface area contributed by atoms with E-state index in [1.807, 2.05) is 0 Å². The maximum absolute atomic E-state index is 13.5. The minimum absolute atomic E-state index is 0.0679. The molecule has 1 aliphatic rings. The summed E-state index contributed by atoms with van der Waals surface area (Å²) in [6.45, 7) is -0.0679. The number of hydrogen-bond donors (Lipinski definition) is 1. The van der Waals surface area contributed by atoms with Gasteiger partial charge in [0.25, 0.3) is 5.56 Å². The molecule has 1 fully saturated rings. The van der Waals surface area contributed by atoms with Crippen molar-refractivity contribution in [2.24, 2.45) is 0 Å². The van der Waals surface area contributed by atoms with E-state index in [2.05, 4.69) is 20.2 Å². The van der Waals surface area contributed by atoms with E-state index in [1.54, 1.807) is 24.3 Å². The van der Waals surface area contributed by atoms with Gasteiger partial charge in [-0.1, -0.05) is 23.7 Å². The van der Waals surface area contributed by atoms with Crippen LogP contribution in [0.15, 0.2) is 51.7 Å². The van der Waals surface area contributed by atoms with Crippen molar-refractivity contribution in [1.82, 2.24) is 25.1 Å². The zero-order valence-corrected chi connectivity index (χ0v) is 22.5. The van der Waals surface area contributed by atoms with Crippen LogP contribution in [0, 0.1) is 5.82 Å². The van der Waals surface area contributed by atoms with E-state index in [4.69, 9.17) is 16.0 Å². The number of rotatable bonds is 8. The molecule has 0 atom stereocenters.